The number of carbonyl (C=O) groups is 1. The van der Waals surface area contributed by atoms with Gasteiger partial charge in [-0.25, -0.2) is 0 Å². The molecule has 1 aliphatic carbocycles. The molecule has 19 heavy (non-hydrogen) atoms. The van der Waals surface area contributed by atoms with Crippen molar-refractivity contribution < 1.29 is 22.7 Å². The average Bonchev–Trinajstić information content (AvgIpc) is 2.35. The predicted octanol–water partition coefficient (Wildman–Crippen LogP) is 1.59. The highest BCUT2D eigenvalue weighted by Crippen LogP contribution is 2.34. The van der Waals surface area contributed by atoms with Gasteiger partial charge in [0, 0.05) is 7.11 Å². The zero-order chi connectivity index (χ0) is 14.5. The van der Waals surface area contributed by atoms with Crippen LogP contribution in [0.15, 0.2) is 0 Å². The molecule has 1 aliphatic rings. The van der Waals surface area contributed by atoms with Crippen molar-refractivity contribution in [2.75, 3.05) is 13.7 Å². The smallest absolute Gasteiger partial charge is 0.383 e. The molecular formula is C12H21F3N2O2. The van der Waals surface area contributed by atoms with E-state index < -0.39 is 30.1 Å². The number of carbonyl (C=O) groups excluding carboxylic acids is 1. The highest BCUT2D eigenvalue weighted by atomic mass is 19.4. The van der Waals surface area contributed by atoms with E-state index in [2.05, 4.69) is 4.74 Å². The SMILES string of the molecule is COCC(N)C(=O)NC(C1CCCCC1)C(F)(F)F. The molecular weight excluding hydrogens is 261 g/mol. The molecule has 1 saturated carbocycles. The third-order valence-corrected chi connectivity index (χ3v) is 3.45. The van der Waals surface area contributed by atoms with Gasteiger partial charge in [0.25, 0.3) is 0 Å². The fourth-order valence-corrected chi connectivity index (χ4v) is 2.45. The molecule has 1 fully saturated rings. The quantitative estimate of drug-likeness (QED) is 0.805. The molecule has 2 unspecified atom stereocenters. The second-order valence-electron chi connectivity index (χ2n) is 4.99. The molecule has 0 aromatic rings. The van der Waals surface area contributed by atoms with E-state index in [1.54, 1.807) is 0 Å². The molecule has 1 amide bonds. The summed E-state index contributed by atoms with van der Waals surface area (Å²) in [5.41, 5.74) is 5.44. The van der Waals surface area contributed by atoms with Crippen molar-refractivity contribution in [2.45, 2.75) is 50.4 Å². The number of alkyl halides is 3. The minimum atomic E-state index is -4.44. The van der Waals surface area contributed by atoms with Crippen molar-refractivity contribution in [3.8, 4) is 0 Å². The number of nitrogens with two attached hydrogens (primary N) is 1. The summed E-state index contributed by atoms with van der Waals surface area (Å²) in [5.74, 6) is -1.36. The lowest BCUT2D eigenvalue weighted by Crippen LogP contribution is -2.55. The zero-order valence-electron chi connectivity index (χ0n) is 11.0. The summed E-state index contributed by atoms with van der Waals surface area (Å²) in [6, 6.07) is -2.87. The molecule has 2 atom stereocenters. The van der Waals surface area contributed by atoms with Crippen molar-refractivity contribution in [1.29, 1.82) is 0 Å². The zero-order valence-corrected chi connectivity index (χ0v) is 11.0. The summed E-state index contributed by atoms with van der Waals surface area (Å²) >= 11 is 0. The number of hydrogen-bond acceptors (Lipinski definition) is 3. The molecule has 0 spiro atoms. The van der Waals surface area contributed by atoms with Gasteiger partial charge in [0.1, 0.15) is 12.1 Å². The van der Waals surface area contributed by atoms with E-state index >= 15 is 0 Å². The van der Waals surface area contributed by atoms with E-state index in [9.17, 15) is 18.0 Å². The van der Waals surface area contributed by atoms with Crippen LogP contribution in [-0.2, 0) is 9.53 Å². The highest BCUT2D eigenvalue weighted by Gasteiger charge is 2.46. The van der Waals surface area contributed by atoms with Crippen molar-refractivity contribution in [1.82, 2.24) is 5.32 Å². The first kappa shape index (κ1) is 16.2. The van der Waals surface area contributed by atoms with E-state index in [0.717, 1.165) is 19.3 Å². The Morgan fingerprint density at radius 2 is 1.95 bits per heavy atom. The maximum atomic E-state index is 13.0. The second-order valence-corrected chi connectivity index (χ2v) is 4.99. The molecule has 0 heterocycles. The van der Waals surface area contributed by atoms with Crippen LogP contribution in [0.4, 0.5) is 13.2 Å². The van der Waals surface area contributed by atoms with Crippen LogP contribution in [0.25, 0.3) is 0 Å². The fraction of sp³-hybridized carbons (Fsp3) is 0.917. The molecule has 1 rings (SSSR count). The third kappa shape index (κ3) is 4.99. The second kappa shape index (κ2) is 7.09. The largest absolute Gasteiger partial charge is 0.408 e. The summed E-state index contributed by atoms with van der Waals surface area (Å²) in [7, 11) is 1.34. The molecule has 112 valence electrons. The third-order valence-electron chi connectivity index (χ3n) is 3.45. The molecule has 0 aliphatic heterocycles. The fourth-order valence-electron chi connectivity index (χ4n) is 2.45. The Bertz CT molecular complexity index is 291. The molecule has 0 aromatic carbocycles. The maximum absolute atomic E-state index is 13.0. The number of rotatable bonds is 5. The number of halogens is 3. The lowest BCUT2D eigenvalue weighted by atomic mass is 9.83. The average molecular weight is 282 g/mol. The van der Waals surface area contributed by atoms with Gasteiger partial charge < -0.3 is 15.8 Å². The van der Waals surface area contributed by atoms with E-state index in [0.29, 0.717) is 12.8 Å². The van der Waals surface area contributed by atoms with Crippen LogP contribution in [0.1, 0.15) is 32.1 Å². The summed E-state index contributed by atoms with van der Waals surface area (Å²) in [4.78, 5) is 11.6. The summed E-state index contributed by atoms with van der Waals surface area (Å²) < 4.78 is 43.8. The Kier molecular flexibility index (Phi) is 6.06. The lowest BCUT2D eigenvalue weighted by Gasteiger charge is -2.32. The van der Waals surface area contributed by atoms with Crippen LogP contribution < -0.4 is 11.1 Å². The Hall–Kier alpha value is -0.820. The van der Waals surface area contributed by atoms with Crippen molar-refractivity contribution in [3.63, 3.8) is 0 Å². The van der Waals surface area contributed by atoms with Crippen LogP contribution in [0.2, 0.25) is 0 Å². The normalized spacial score (nSPS) is 20.9. The Morgan fingerprint density at radius 3 is 2.42 bits per heavy atom. The van der Waals surface area contributed by atoms with Crippen LogP contribution in [0, 0.1) is 5.92 Å². The maximum Gasteiger partial charge on any atom is 0.408 e. The first-order valence-electron chi connectivity index (χ1n) is 6.48. The highest BCUT2D eigenvalue weighted by molar-refractivity contribution is 5.82. The lowest BCUT2D eigenvalue weighted by molar-refractivity contribution is -0.175. The summed E-state index contributed by atoms with van der Waals surface area (Å²) in [6.45, 7) is -0.0962. The Labute approximate surface area is 110 Å². The first-order valence-corrected chi connectivity index (χ1v) is 6.48. The van der Waals surface area contributed by atoms with E-state index in [-0.39, 0.29) is 6.61 Å². The number of amides is 1. The van der Waals surface area contributed by atoms with Gasteiger partial charge in [-0.2, -0.15) is 13.2 Å². The first-order chi connectivity index (χ1) is 8.86. The topological polar surface area (TPSA) is 64.3 Å². The number of ether oxygens (including phenoxy) is 1. The molecule has 7 heteroatoms. The van der Waals surface area contributed by atoms with Crippen LogP contribution >= 0.6 is 0 Å². The standard InChI is InChI=1S/C12H21F3N2O2/c1-19-7-9(16)11(18)17-10(12(13,14)15)8-5-3-2-4-6-8/h8-10H,2-7,16H2,1H3,(H,17,18). The monoisotopic (exact) mass is 282 g/mol. The summed E-state index contributed by atoms with van der Waals surface area (Å²) in [6.07, 6.45) is -0.953. The summed E-state index contributed by atoms with van der Waals surface area (Å²) in [5, 5.41) is 2.04. The van der Waals surface area contributed by atoms with Gasteiger partial charge in [0.2, 0.25) is 5.91 Å². The van der Waals surface area contributed by atoms with Gasteiger partial charge in [-0.05, 0) is 18.8 Å². The predicted molar refractivity (Wildman–Crippen MR) is 64.4 cm³/mol. The van der Waals surface area contributed by atoms with Gasteiger partial charge in [-0.3, -0.25) is 4.79 Å². The number of nitrogens with one attached hydrogen (secondary N) is 1. The molecule has 4 nitrogen and oxygen atoms in total. The Balaban J connectivity index is 2.67. The van der Waals surface area contributed by atoms with Crippen LogP contribution in [0.5, 0.6) is 0 Å². The van der Waals surface area contributed by atoms with E-state index in [1.807, 2.05) is 5.32 Å². The molecule has 0 aromatic heterocycles. The van der Waals surface area contributed by atoms with Crippen LogP contribution in [0.3, 0.4) is 0 Å². The van der Waals surface area contributed by atoms with Gasteiger partial charge in [0.15, 0.2) is 0 Å². The van der Waals surface area contributed by atoms with Crippen LogP contribution in [-0.4, -0.2) is 37.9 Å². The molecule has 0 radical (unpaired) electrons. The van der Waals surface area contributed by atoms with E-state index in [4.69, 9.17) is 5.73 Å². The van der Waals surface area contributed by atoms with Gasteiger partial charge in [-0.15, -0.1) is 0 Å². The van der Waals surface area contributed by atoms with Gasteiger partial charge >= 0.3 is 6.18 Å². The minimum Gasteiger partial charge on any atom is -0.383 e. The van der Waals surface area contributed by atoms with Crippen molar-refractivity contribution in [2.24, 2.45) is 11.7 Å². The molecule has 0 saturated heterocycles. The number of hydrogen-bond donors (Lipinski definition) is 2. The van der Waals surface area contributed by atoms with Gasteiger partial charge in [-0.1, -0.05) is 19.3 Å². The van der Waals surface area contributed by atoms with Crippen molar-refractivity contribution >= 4 is 5.91 Å². The van der Waals surface area contributed by atoms with E-state index in [1.165, 1.54) is 7.11 Å². The number of methoxy groups -OCH3 is 1. The van der Waals surface area contributed by atoms with Gasteiger partial charge in [0.05, 0.1) is 6.61 Å². The minimum absolute atomic E-state index is 0.0962. The molecule has 0 bridgehead atoms. The Morgan fingerprint density at radius 1 is 1.37 bits per heavy atom. The van der Waals surface area contributed by atoms with Crippen molar-refractivity contribution in [3.05, 3.63) is 0 Å². The molecule has 3 N–H and O–H groups in total.